The highest BCUT2D eigenvalue weighted by Crippen LogP contribution is 2.49. The highest BCUT2D eigenvalue weighted by atomic mass is 16.5. The maximum absolute atomic E-state index is 5.68. The largest absolute Gasteiger partial charge is 0.490 e. The van der Waals surface area contributed by atoms with E-state index >= 15 is 0 Å². The van der Waals surface area contributed by atoms with E-state index in [1.807, 2.05) is 0 Å². The van der Waals surface area contributed by atoms with Crippen molar-refractivity contribution >= 4 is 0 Å². The molecule has 0 bridgehead atoms. The molecule has 1 heteroatoms. The molecule has 0 amide bonds. The molecule has 0 radical (unpaired) electrons. The third kappa shape index (κ3) is 2.94. The molecule has 2 aromatic carbocycles. The van der Waals surface area contributed by atoms with Gasteiger partial charge in [0.1, 0.15) is 12.4 Å². The van der Waals surface area contributed by atoms with Gasteiger partial charge in [0.15, 0.2) is 0 Å². The van der Waals surface area contributed by atoms with E-state index in [0.29, 0.717) is 12.5 Å². The van der Waals surface area contributed by atoms with Crippen LogP contribution in [0, 0.1) is 5.41 Å². The summed E-state index contributed by atoms with van der Waals surface area (Å²) < 4.78 is 5.68. The minimum atomic E-state index is 0.287. The Balaban J connectivity index is 1.87. The van der Waals surface area contributed by atoms with Crippen LogP contribution in [0.4, 0.5) is 0 Å². The van der Waals surface area contributed by atoms with E-state index in [2.05, 4.69) is 69.0 Å². The zero-order valence-corrected chi connectivity index (χ0v) is 13.5. The van der Waals surface area contributed by atoms with Crippen LogP contribution in [0.5, 0.6) is 5.75 Å². The van der Waals surface area contributed by atoms with Crippen LogP contribution in [-0.2, 0) is 12.8 Å². The molecule has 0 aromatic heterocycles. The summed E-state index contributed by atoms with van der Waals surface area (Å²) in [4.78, 5) is 0. The van der Waals surface area contributed by atoms with Gasteiger partial charge in [-0.15, -0.1) is 0 Å². The molecule has 0 saturated carbocycles. The molecule has 3 rings (SSSR count). The van der Waals surface area contributed by atoms with E-state index in [9.17, 15) is 0 Å². The molecule has 22 heavy (non-hydrogen) atoms. The summed E-state index contributed by atoms with van der Waals surface area (Å²) in [5.74, 6) is 1.52. The monoisotopic (exact) mass is 292 g/mol. The van der Waals surface area contributed by atoms with Gasteiger partial charge >= 0.3 is 0 Å². The van der Waals surface area contributed by atoms with Crippen molar-refractivity contribution in [2.75, 3.05) is 6.61 Å². The van der Waals surface area contributed by atoms with Gasteiger partial charge in [-0.25, -0.2) is 0 Å². The zero-order chi connectivity index (χ0) is 15.6. The first-order chi connectivity index (χ1) is 10.6. The molecule has 114 valence electrons. The fraction of sp³-hybridized carbons (Fsp3) is 0.333. The first-order valence-corrected chi connectivity index (χ1v) is 8.00. The van der Waals surface area contributed by atoms with Gasteiger partial charge in [-0.1, -0.05) is 62.9 Å². The third-order valence-electron chi connectivity index (χ3n) is 4.73. The second kappa shape index (κ2) is 6.00. The summed E-state index contributed by atoms with van der Waals surface area (Å²) in [6.07, 6.45) is 4.01. The summed E-state index contributed by atoms with van der Waals surface area (Å²) >= 11 is 0. The maximum Gasteiger partial charge on any atom is 0.120 e. The number of benzene rings is 2. The first-order valence-electron chi connectivity index (χ1n) is 8.00. The van der Waals surface area contributed by atoms with Crippen molar-refractivity contribution < 1.29 is 4.74 Å². The molecule has 1 aliphatic carbocycles. The molecule has 0 fully saturated rings. The molecule has 0 spiro atoms. The minimum absolute atomic E-state index is 0.287. The Kier molecular flexibility index (Phi) is 4.06. The van der Waals surface area contributed by atoms with E-state index in [4.69, 9.17) is 4.74 Å². The van der Waals surface area contributed by atoms with Crippen molar-refractivity contribution in [3.05, 3.63) is 77.9 Å². The van der Waals surface area contributed by atoms with Gasteiger partial charge in [0, 0.05) is 0 Å². The van der Waals surface area contributed by atoms with Crippen LogP contribution < -0.4 is 4.74 Å². The lowest BCUT2D eigenvalue weighted by molar-refractivity contribution is 0.311. The number of rotatable bonds is 5. The van der Waals surface area contributed by atoms with Crippen LogP contribution >= 0.6 is 0 Å². The number of fused-ring (bicyclic) bond motifs is 1. The Morgan fingerprint density at radius 2 is 1.95 bits per heavy atom. The molecule has 2 aromatic rings. The predicted octanol–water partition coefficient (Wildman–Crippen LogP) is 5.16. The van der Waals surface area contributed by atoms with Crippen molar-refractivity contribution in [1.29, 1.82) is 0 Å². The van der Waals surface area contributed by atoms with Gasteiger partial charge in [-0.2, -0.15) is 0 Å². The highest BCUT2D eigenvalue weighted by molar-refractivity contribution is 5.44. The lowest BCUT2D eigenvalue weighted by Crippen LogP contribution is -2.19. The lowest BCUT2D eigenvalue weighted by atomic mass is 9.76. The van der Waals surface area contributed by atoms with Crippen LogP contribution in [0.25, 0.3) is 0 Å². The summed E-state index contributed by atoms with van der Waals surface area (Å²) in [6, 6.07) is 17.4. The maximum atomic E-state index is 5.68. The van der Waals surface area contributed by atoms with E-state index in [1.165, 1.54) is 16.7 Å². The average molecular weight is 292 g/mol. The van der Waals surface area contributed by atoms with Gasteiger partial charge in [-0.05, 0) is 53.0 Å². The predicted molar refractivity (Wildman–Crippen MR) is 92.5 cm³/mol. The molecule has 1 unspecified atom stereocenters. The van der Waals surface area contributed by atoms with Crippen LogP contribution in [0.3, 0.4) is 0 Å². The normalized spacial score (nSPS) is 18.7. The number of ether oxygens (including phenoxy) is 1. The fourth-order valence-electron chi connectivity index (χ4n) is 3.59. The summed E-state index contributed by atoms with van der Waals surface area (Å²) in [7, 11) is 0. The molecule has 0 N–H and O–H groups in total. The molecular weight excluding hydrogens is 268 g/mol. The second-order valence-electron chi connectivity index (χ2n) is 6.87. The average Bonchev–Trinajstić information content (AvgIpc) is 2.76. The second-order valence-corrected chi connectivity index (χ2v) is 6.87. The Bertz CT molecular complexity index is 655. The molecule has 1 nitrogen and oxygen atoms in total. The SMILES string of the molecule is C=CCOc1ccc2c(c1)CC(C)(C)C2Cc1ccccc1. The molecule has 0 heterocycles. The molecule has 1 aliphatic rings. The zero-order valence-electron chi connectivity index (χ0n) is 13.5. The van der Waals surface area contributed by atoms with Gasteiger partial charge < -0.3 is 4.74 Å². The molecule has 0 saturated heterocycles. The fourth-order valence-corrected chi connectivity index (χ4v) is 3.59. The van der Waals surface area contributed by atoms with Crippen molar-refractivity contribution in [2.45, 2.75) is 32.6 Å². The van der Waals surface area contributed by atoms with E-state index in [0.717, 1.165) is 18.6 Å². The van der Waals surface area contributed by atoms with Crippen molar-refractivity contribution in [2.24, 2.45) is 5.41 Å². The quantitative estimate of drug-likeness (QED) is 0.692. The summed E-state index contributed by atoms with van der Waals surface area (Å²) in [6.45, 7) is 9.03. The van der Waals surface area contributed by atoms with Crippen LogP contribution in [-0.4, -0.2) is 6.61 Å². The van der Waals surface area contributed by atoms with Gasteiger partial charge in [0.25, 0.3) is 0 Å². The van der Waals surface area contributed by atoms with Gasteiger partial charge in [0.05, 0.1) is 0 Å². The van der Waals surface area contributed by atoms with Crippen molar-refractivity contribution in [3.8, 4) is 5.75 Å². The number of hydrogen-bond acceptors (Lipinski definition) is 1. The standard InChI is InChI=1S/C21H24O/c1-4-12-22-18-10-11-19-17(14-18)15-21(2,3)20(19)13-16-8-6-5-7-9-16/h4-11,14,20H,1,12-13,15H2,2-3H3. The minimum Gasteiger partial charge on any atom is -0.490 e. The number of hydrogen-bond donors (Lipinski definition) is 0. The van der Waals surface area contributed by atoms with Gasteiger partial charge in [-0.3, -0.25) is 0 Å². The first kappa shape index (κ1) is 14.9. The Morgan fingerprint density at radius 3 is 2.68 bits per heavy atom. The van der Waals surface area contributed by atoms with E-state index < -0.39 is 0 Å². The third-order valence-corrected chi connectivity index (χ3v) is 4.73. The van der Waals surface area contributed by atoms with E-state index in [1.54, 1.807) is 6.08 Å². The molecule has 0 aliphatic heterocycles. The molecule has 1 atom stereocenters. The van der Waals surface area contributed by atoms with Crippen LogP contribution in [0.1, 0.15) is 36.5 Å². The van der Waals surface area contributed by atoms with Gasteiger partial charge in [0.2, 0.25) is 0 Å². The highest BCUT2D eigenvalue weighted by Gasteiger charge is 2.38. The summed E-state index contributed by atoms with van der Waals surface area (Å²) in [5.41, 5.74) is 4.63. The summed E-state index contributed by atoms with van der Waals surface area (Å²) in [5, 5.41) is 0. The van der Waals surface area contributed by atoms with Crippen LogP contribution in [0.2, 0.25) is 0 Å². The Hall–Kier alpha value is -2.02. The smallest absolute Gasteiger partial charge is 0.120 e. The Labute approximate surface area is 133 Å². The Morgan fingerprint density at radius 1 is 1.18 bits per heavy atom. The van der Waals surface area contributed by atoms with E-state index in [-0.39, 0.29) is 5.41 Å². The van der Waals surface area contributed by atoms with Crippen molar-refractivity contribution in [1.82, 2.24) is 0 Å². The van der Waals surface area contributed by atoms with Crippen LogP contribution in [0.15, 0.2) is 61.2 Å². The van der Waals surface area contributed by atoms with Crippen molar-refractivity contribution in [3.63, 3.8) is 0 Å². The lowest BCUT2D eigenvalue weighted by Gasteiger charge is -2.27. The molecular formula is C21H24O. The topological polar surface area (TPSA) is 9.23 Å².